The number of aryl methyl sites for hydroxylation is 2. The number of carbonyl (C=O) groups is 3. The molecule has 0 aliphatic carbocycles. The van der Waals surface area contributed by atoms with Gasteiger partial charge >= 0.3 is 0 Å². The maximum Gasteiger partial charge on any atom is 0.283 e. The highest BCUT2D eigenvalue weighted by molar-refractivity contribution is 6.53. The molecule has 0 atom stereocenters. The van der Waals surface area contributed by atoms with Gasteiger partial charge in [0.15, 0.2) is 0 Å². The fourth-order valence-corrected chi connectivity index (χ4v) is 3.82. The lowest BCUT2D eigenvalue weighted by molar-refractivity contribution is -0.120. The van der Waals surface area contributed by atoms with Gasteiger partial charge in [0.25, 0.3) is 17.7 Å². The van der Waals surface area contributed by atoms with Crippen LogP contribution in [0.15, 0.2) is 77.5 Å². The van der Waals surface area contributed by atoms with E-state index in [0.717, 1.165) is 16.0 Å². The standard InChI is InChI=1S/C25H19Cl2N3O3/c1-14-6-9-19(10-7-14)30-24(32)21(27)22(25(30)33)28-18-5-3-4-16(13-18)23(31)29-20-11-8-17(26)12-15(20)2/h3-13,28H,1-2H3,(H,29,31). The topological polar surface area (TPSA) is 78.5 Å². The van der Waals surface area contributed by atoms with E-state index in [4.69, 9.17) is 23.2 Å². The minimum atomic E-state index is -0.611. The van der Waals surface area contributed by atoms with Gasteiger partial charge in [-0.2, -0.15) is 0 Å². The van der Waals surface area contributed by atoms with Gasteiger partial charge in [0.05, 0.1) is 5.69 Å². The van der Waals surface area contributed by atoms with Crippen molar-refractivity contribution in [2.45, 2.75) is 13.8 Å². The Labute approximate surface area is 200 Å². The number of carbonyl (C=O) groups excluding carboxylic acids is 3. The van der Waals surface area contributed by atoms with Crippen molar-refractivity contribution in [3.05, 3.63) is 99.2 Å². The fraction of sp³-hybridized carbons (Fsp3) is 0.0800. The third-order valence-corrected chi connectivity index (χ3v) is 5.74. The summed E-state index contributed by atoms with van der Waals surface area (Å²) in [5.41, 5.74) is 3.64. The maximum atomic E-state index is 13.0. The molecule has 0 saturated carbocycles. The van der Waals surface area contributed by atoms with Crippen LogP contribution in [0.4, 0.5) is 17.1 Å². The summed E-state index contributed by atoms with van der Waals surface area (Å²) in [6, 6.07) is 18.7. The van der Waals surface area contributed by atoms with Gasteiger partial charge < -0.3 is 10.6 Å². The van der Waals surface area contributed by atoms with Crippen LogP contribution in [0.1, 0.15) is 21.5 Å². The van der Waals surface area contributed by atoms with E-state index in [1.165, 1.54) is 0 Å². The highest BCUT2D eigenvalue weighted by Gasteiger charge is 2.38. The van der Waals surface area contributed by atoms with Gasteiger partial charge in [0, 0.05) is 22.0 Å². The van der Waals surface area contributed by atoms with Gasteiger partial charge in [-0.05, 0) is 67.9 Å². The molecule has 4 rings (SSSR count). The van der Waals surface area contributed by atoms with Crippen molar-refractivity contribution in [1.82, 2.24) is 0 Å². The Morgan fingerprint density at radius 3 is 2.30 bits per heavy atom. The smallest absolute Gasteiger partial charge is 0.283 e. The number of imide groups is 1. The van der Waals surface area contributed by atoms with E-state index >= 15 is 0 Å². The van der Waals surface area contributed by atoms with Crippen LogP contribution < -0.4 is 15.5 Å². The Balaban J connectivity index is 1.54. The van der Waals surface area contributed by atoms with Crippen molar-refractivity contribution < 1.29 is 14.4 Å². The predicted molar refractivity (Wildman–Crippen MR) is 131 cm³/mol. The molecule has 3 amide bonds. The maximum absolute atomic E-state index is 13.0. The molecule has 1 heterocycles. The Morgan fingerprint density at radius 2 is 1.61 bits per heavy atom. The second-order valence-corrected chi connectivity index (χ2v) is 8.40. The Hall–Kier alpha value is -3.61. The number of benzene rings is 3. The summed E-state index contributed by atoms with van der Waals surface area (Å²) in [7, 11) is 0. The Morgan fingerprint density at radius 1 is 0.879 bits per heavy atom. The van der Waals surface area contributed by atoms with E-state index in [2.05, 4.69) is 10.6 Å². The average molecular weight is 480 g/mol. The highest BCUT2D eigenvalue weighted by Crippen LogP contribution is 2.30. The summed E-state index contributed by atoms with van der Waals surface area (Å²) < 4.78 is 0. The Kier molecular flexibility index (Phi) is 6.22. The zero-order valence-electron chi connectivity index (χ0n) is 17.8. The second kappa shape index (κ2) is 9.10. The first kappa shape index (κ1) is 22.6. The van der Waals surface area contributed by atoms with Crippen LogP contribution in [0.2, 0.25) is 5.02 Å². The molecule has 2 N–H and O–H groups in total. The minimum Gasteiger partial charge on any atom is -0.350 e. The molecule has 0 fully saturated rings. The number of nitrogens with one attached hydrogen (secondary N) is 2. The average Bonchev–Trinajstić information content (AvgIpc) is 3.00. The first-order chi connectivity index (χ1) is 15.7. The van der Waals surface area contributed by atoms with E-state index in [1.54, 1.807) is 66.7 Å². The summed E-state index contributed by atoms with van der Waals surface area (Å²) in [6.45, 7) is 3.75. The number of rotatable bonds is 5. The normalized spacial score (nSPS) is 13.5. The van der Waals surface area contributed by atoms with Gasteiger partial charge in [0.1, 0.15) is 10.7 Å². The zero-order valence-corrected chi connectivity index (χ0v) is 19.3. The number of hydrogen-bond donors (Lipinski definition) is 2. The van der Waals surface area contributed by atoms with Gasteiger partial charge in [0.2, 0.25) is 0 Å². The molecule has 6 nitrogen and oxygen atoms in total. The predicted octanol–water partition coefficient (Wildman–Crippen LogP) is 5.64. The van der Waals surface area contributed by atoms with E-state index in [1.807, 2.05) is 13.8 Å². The summed E-state index contributed by atoms with van der Waals surface area (Å²) in [4.78, 5) is 39.4. The van der Waals surface area contributed by atoms with E-state index in [9.17, 15) is 14.4 Å². The van der Waals surface area contributed by atoms with E-state index in [-0.39, 0.29) is 16.6 Å². The zero-order chi connectivity index (χ0) is 23.7. The summed E-state index contributed by atoms with van der Waals surface area (Å²) in [6.07, 6.45) is 0. The summed E-state index contributed by atoms with van der Waals surface area (Å²) >= 11 is 12.2. The summed E-state index contributed by atoms with van der Waals surface area (Å²) in [5.74, 6) is -1.51. The fourth-order valence-electron chi connectivity index (χ4n) is 3.38. The quantitative estimate of drug-likeness (QED) is 0.463. The monoisotopic (exact) mass is 479 g/mol. The number of halogens is 2. The Bertz CT molecular complexity index is 1320. The van der Waals surface area contributed by atoms with E-state index < -0.39 is 11.8 Å². The van der Waals surface area contributed by atoms with Crippen LogP contribution in [0.5, 0.6) is 0 Å². The molecule has 0 aromatic heterocycles. The molecule has 0 radical (unpaired) electrons. The molecule has 1 aliphatic rings. The first-order valence-corrected chi connectivity index (χ1v) is 10.8. The lowest BCUT2D eigenvalue weighted by Gasteiger charge is -2.15. The molecule has 0 unspecified atom stereocenters. The molecule has 0 saturated heterocycles. The van der Waals surface area contributed by atoms with Crippen LogP contribution in [-0.4, -0.2) is 17.7 Å². The lowest BCUT2D eigenvalue weighted by Crippen LogP contribution is -2.32. The van der Waals surface area contributed by atoms with Crippen molar-refractivity contribution >= 4 is 58.0 Å². The van der Waals surface area contributed by atoms with Crippen LogP contribution in [-0.2, 0) is 9.59 Å². The molecule has 3 aromatic rings. The van der Waals surface area contributed by atoms with Gasteiger partial charge in [-0.25, -0.2) is 4.90 Å². The van der Waals surface area contributed by atoms with Gasteiger partial charge in [-0.15, -0.1) is 0 Å². The molecule has 1 aliphatic heterocycles. The van der Waals surface area contributed by atoms with Crippen molar-refractivity contribution in [1.29, 1.82) is 0 Å². The SMILES string of the molecule is Cc1ccc(N2C(=O)C(Cl)=C(Nc3cccc(C(=O)Nc4ccc(Cl)cc4C)c3)C2=O)cc1. The lowest BCUT2D eigenvalue weighted by atomic mass is 10.1. The van der Waals surface area contributed by atoms with Crippen LogP contribution in [0.25, 0.3) is 0 Å². The van der Waals surface area contributed by atoms with Crippen LogP contribution >= 0.6 is 23.2 Å². The number of hydrogen-bond acceptors (Lipinski definition) is 4. The molecule has 166 valence electrons. The summed E-state index contributed by atoms with van der Waals surface area (Å²) in [5, 5.41) is 6.10. The van der Waals surface area contributed by atoms with Crippen LogP contribution in [0, 0.1) is 13.8 Å². The van der Waals surface area contributed by atoms with Gasteiger partial charge in [-0.1, -0.05) is 47.0 Å². The number of amides is 3. The van der Waals surface area contributed by atoms with Crippen molar-refractivity contribution in [3.63, 3.8) is 0 Å². The highest BCUT2D eigenvalue weighted by atomic mass is 35.5. The third-order valence-electron chi connectivity index (χ3n) is 5.15. The largest absolute Gasteiger partial charge is 0.350 e. The second-order valence-electron chi connectivity index (χ2n) is 7.59. The van der Waals surface area contributed by atoms with Crippen molar-refractivity contribution in [2.75, 3.05) is 15.5 Å². The van der Waals surface area contributed by atoms with Crippen molar-refractivity contribution in [2.24, 2.45) is 0 Å². The molecule has 0 spiro atoms. The van der Waals surface area contributed by atoms with Gasteiger partial charge in [-0.3, -0.25) is 14.4 Å². The van der Waals surface area contributed by atoms with Crippen LogP contribution in [0.3, 0.4) is 0 Å². The third kappa shape index (κ3) is 4.62. The minimum absolute atomic E-state index is 0.0478. The molecular formula is C25H19Cl2N3O3. The molecule has 33 heavy (non-hydrogen) atoms. The molecule has 0 bridgehead atoms. The number of anilines is 3. The van der Waals surface area contributed by atoms with Crippen molar-refractivity contribution in [3.8, 4) is 0 Å². The number of nitrogens with zero attached hydrogens (tertiary/aromatic N) is 1. The molecular weight excluding hydrogens is 461 g/mol. The van der Waals surface area contributed by atoms with E-state index in [0.29, 0.717) is 27.6 Å². The molecule has 8 heteroatoms. The first-order valence-electron chi connectivity index (χ1n) is 10.0. The molecule has 3 aromatic carbocycles.